The number of anilines is 1. The van der Waals surface area contributed by atoms with Crippen LogP contribution in [0.2, 0.25) is 0 Å². The van der Waals surface area contributed by atoms with Crippen molar-refractivity contribution in [2.75, 3.05) is 17.3 Å². The number of hydrogen-bond acceptors (Lipinski definition) is 3. The van der Waals surface area contributed by atoms with Crippen molar-refractivity contribution in [1.29, 1.82) is 0 Å². The molecule has 0 spiro atoms. The number of aryl methyl sites for hydroxylation is 1. The summed E-state index contributed by atoms with van der Waals surface area (Å²) < 4.78 is 6.64. The number of rotatable bonds is 2. The molecule has 0 aliphatic carbocycles. The molecule has 1 aliphatic rings. The second-order valence-corrected chi connectivity index (χ2v) is 3.39. The molecule has 1 aliphatic heterocycles. The lowest BCUT2D eigenvalue weighted by Crippen LogP contribution is -2.26. The van der Waals surface area contributed by atoms with E-state index in [1.807, 2.05) is 0 Å². The molecule has 1 unspecified atom stereocenters. The standard InChI is InChI=1S/C8H10ClN3O2/c1-11-7(2-3-10-11)12-5-6(4-9)14-8(12)13/h2-3,6H,4-5H2,1H3. The van der Waals surface area contributed by atoms with E-state index in [9.17, 15) is 4.79 Å². The Hall–Kier alpha value is -1.23. The first-order valence-electron chi connectivity index (χ1n) is 4.24. The van der Waals surface area contributed by atoms with E-state index in [0.717, 1.165) is 5.82 Å². The summed E-state index contributed by atoms with van der Waals surface area (Å²) in [7, 11) is 1.77. The fourth-order valence-corrected chi connectivity index (χ4v) is 1.58. The number of nitrogens with zero attached hydrogens (tertiary/aromatic N) is 3. The first-order valence-corrected chi connectivity index (χ1v) is 4.78. The largest absolute Gasteiger partial charge is 0.443 e. The summed E-state index contributed by atoms with van der Waals surface area (Å²) in [6.07, 6.45) is 1.05. The van der Waals surface area contributed by atoms with Crippen LogP contribution in [0.1, 0.15) is 0 Å². The predicted octanol–water partition coefficient (Wildman–Crippen LogP) is 0.984. The van der Waals surface area contributed by atoms with Crippen LogP contribution in [0.15, 0.2) is 12.3 Å². The minimum absolute atomic E-state index is 0.223. The second kappa shape index (κ2) is 3.49. The molecule has 1 aromatic rings. The zero-order valence-corrected chi connectivity index (χ0v) is 8.44. The third-order valence-corrected chi connectivity index (χ3v) is 2.46. The Bertz CT molecular complexity index is 352. The third kappa shape index (κ3) is 1.43. The van der Waals surface area contributed by atoms with Crippen molar-refractivity contribution < 1.29 is 9.53 Å². The molecule has 0 aromatic carbocycles. The van der Waals surface area contributed by atoms with Crippen LogP contribution >= 0.6 is 11.6 Å². The van der Waals surface area contributed by atoms with Crippen molar-refractivity contribution in [3.05, 3.63) is 12.3 Å². The van der Waals surface area contributed by atoms with Gasteiger partial charge in [-0.25, -0.2) is 4.79 Å². The Labute approximate surface area is 86.2 Å². The number of ether oxygens (including phenoxy) is 1. The van der Waals surface area contributed by atoms with Crippen LogP contribution in [0.25, 0.3) is 0 Å². The van der Waals surface area contributed by atoms with Crippen LogP contribution < -0.4 is 4.90 Å². The Morgan fingerprint density at radius 1 is 1.79 bits per heavy atom. The highest BCUT2D eigenvalue weighted by molar-refractivity contribution is 6.18. The molecule has 0 radical (unpaired) electrons. The number of carbonyl (C=O) groups excluding carboxylic acids is 1. The molecule has 1 fully saturated rings. The van der Waals surface area contributed by atoms with Gasteiger partial charge in [-0.2, -0.15) is 5.10 Å². The van der Waals surface area contributed by atoms with Crippen molar-refractivity contribution in [2.24, 2.45) is 7.05 Å². The molecule has 2 rings (SSSR count). The molecule has 1 saturated heterocycles. The SMILES string of the molecule is Cn1nccc1N1CC(CCl)OC1=O. The highest BCUT2D eigenvalue weighted by atomic mass is 35.5. The molecule has 0 N–H and O–H groups in total. The number of cyclic esters (lactones) is 1. The van der Waals surface area contributed by atoms with Crippen LogP contribution in [-0.2, 0) is 11.8 Å². The highest BCUT2D eigenvalue weighted by Gasteiger charge is 2.32. The van der Waals surface area contributed by atoms with Gasteiger partial charge in [0, 0.05) is 13.1 Å². The molecule has 76 valence electrons. The van der Waals surface area contributed by atoms with Crippen LogP contribution in [0.4, 0.5) is 10.6 Å². The molecule has 14 heavy (non-hydrogen) atoms. The lowest BCUT2D eigenvalue weighted by molar-refractivity contribution is 0.151. The average Bonchev–Trinajstić information content (AvgIpc) is 2.72. The van der Waals surface area contributed by atoms with E-state index in [-0.39, 0.29) is 12.2 Å². The summed E-state index contributed by atoms with van der Waals surface area (Å²) >= 11 is 5.61. The van der Waals surface area contributed by atoms with Gasteiger partial charge in [0.05, 0.1) is 18.6 Å². The molecule has 1 amide bonds. The first-order chi connectivity index (χ1) is 6.72. The number of aromatic nitrogens is 2. The number of carbonyl (C=O) groups is 1. The molecule has 0 bridgehead atoms. The van der Waals surface area contributed by atoms with Crippen molar-refractivity contribution in [3.63, 3.8) is 0 Å². The Kier molecular flexibility index (Phi) is 2.33. The van der Waals surface area contributed by atoms with Crippen LogP contribution in [-0.4, -0.2) is 34.4 Å². The van der Waals surface area contributed by atoms with Crippen LogP contribution in [0.3, 0.4) is 0 Å². The number of amides is 1. The van der Waals surface area contributed by atoms with Crippen molar-refractivity contribution >= 4 is 23.5 Å². The van der Waals surface area contributed by atoms with Gasteiger partial charge >= 0.3 is 6.09 Å². The summed E-state index contributed by atoms with van der Waals surface area (Å²) in [4.78, 5) is 12.9. The van der Waals surface area contributed by atoms with Crippen molar-refractivity contribution in [2.45, 2.75) is 6.10 Å². The predicted molar refractivity (Wildman–Crippen MR) is 51.5 cm³/mol. The molecular formula is C8H10ClN3O2. The minimum atomic E-state index is -0.362. The Balaban J connectivity index is 2.20. The molecule has 1 atom stereocenters. The lowest BCUT2D eigenvalue weighted by atomic mass is 10.4. The smallest absolute Gasteiger partial charge is 0.415 e. The molecule has 0 saturated carbocycles. The Morgan fingerprint density at radius 3 is 3.07 bits per heavy atom. The van der Waals surface area contributed by atoms with E-state index < -0.39 is 0 Å². The maximum Gasteiger partial charge on any atom is 0.415 e. The van der Waals surface area contributed by atoms with Crippen molar-refractivity contribution in [1.82, 2.24) is 9.78 Å². The monoisotopic (exact) mass is 215 g/mol. The van der Waals surface area contributed by atoms with E-state index in [4.69, 9.17) is 16.3 Å². The number of alkyl halides is 1. The number of halogens is 1. The highest BCUT2D eigenvalue weighted by Crippen LogP contribution is 2.20. The quantitative estimate of drug-likeness (QED) is 0.691. The van der Waals surface area contributed by atoms with Gasteiger partial charge in [-0.15, -0.1) is 11.6 Å². The zero-order chi connectivity index (χ0) is 10.1. The summed E-state index contributed by atoms with van der Waals surface area (Å²) in [6, 6.07) is 1.76. The fourth-order valence-electron chi connectivity index (χ4n) is 1.42. The van der Waals surface area contributed by atoms with Crippen molar-refractivity contribution in [3.8, 4) is 0 Å². The molecule has 6 heteroatoms. The van der Waals surface area contributed by atoms with E-state index in [1.54, 1.807) is 24.0 Å². The van der Waals surface area contributed by atoms with E-state index in [1.165, 1.54) is 4.90 Å². The molecule has 1 aromatic heterocycles. The summed E-state index contributed by atoms with van der Waals surface area (Å²) in [6.45, 7) is 0.488. The summed E-state index contributed by atoms with van der Waals surface area (Å²) in [5.74, 6) is 1.04. The zero-order valence-electron chi connectivity index (χ0n) is 7.68. The third-order valence-electron chi connectivity index (χ3n) is 2.12. The van der Waals surface area contributed by atoms with Gasteiger partial charge in [0.1, 0.15) is 11.9 Å². The van der Waals surface area contributed by atoms with Gasteiger partial charge in [-0.05, 0) is 0 Å². The van der Waals surface area contributed by atoms with Crippen LogP contribution in [0, 0.1) is 0 Å². The molecule has 2 heterocycles. The first kappa shape index (κ1) is 9.33. The molecule has 5 nitrogen and oxygen atoms in total. The Morgan fingerprint density at radius 2 is 2.57 bits per heavy atom. The maximum atomic E-state index is 11.4. The molecular weight excluding hydrogens is 206 g/mol. The maximum absolute atomic E-state index is 11.4. The number of hydrogen-bond donors (Lipinski definition) is 0. The lowest BCUT2D eigenvalue weighted by Gasteiger charge is -2.11. The van der Waals surface area contributed by atoms with Gasteiger partial charge in [-0.3, -0.25) is 9.58 Å². The van der Waals surface area contributed by atoms with Gasteiger partial charge < -0.3 is 4.74 Å². The van der Waals surface area contributed by atoms with E-state index in [0.29, 0.717) is 12.4 Å². The van der Waals surface area contributed by atoms with Gasteiger partial charge in [0.15, 0.2) is 0 Å². The minimum Gasteiger partial charge on any atom is -0.443 e. The summed E-state index contributed by atoms with van der Waals surface area (Å²) in [5.41, 5.74) is 0. The average molecular weight is 216 g/mol. The normalized spacial score (nSPS) is 21.4. The van der Waals surface area contributed by atoms with Gasteiger partial charge in [0.25, 0.3) is 0 Å². The van der Waals surface area contributed by atoms with Gasteiger partial charge in [0.2, 0.25) is 0 Å². The van der Waals surface area contributed by atoms with E-state index >= 15 is 0 Å². The second-order valence-electron chi connectivity index (χ2n) is 3.08. The van der Waals surface area contributed by atoms with E-state index in [2.05, 4.69) is 5.10 Å². The summed E-state index contributed by atoms with van der Waals surface area (Å²) in [5, 5.41) is 3.98. The fraction of sp³-hybridized carbons (Fsp3) is 0.500. The van der Waals surface area contributed by atoms with Crippen LogP contribution in [0.5, 0.6) is 0 Å². The topological polar surface area (TPSA) is 47.4 Å². The van der Waals surface area contributed by atoms with Gasteiger partial charge in [-0.1, -0.05) is 0 Å².